The van der Waals surface area contributed by atoms with Crippen LogP contribution in [0, 0.1) is 0 Å². The Bertz CT molecular complexity index is 390. The normalized spacial score (nSPS) is 25.0. The Balaban J connectivity index is 2.19. The van der Waals surface area contributed by atoms with Gasteiger partial charge in [0.2, 0.25) is 0 Å². The lowest BCUT2D eigenvalue weighted by Gasteiger charge is -2.32. The molecule has 1 saturated heterocycles. The van der Waals surface area contributed by atoms with Crippen molar-refractivity contribution < 1.29 is 4.74 Å². The predicted molar refractivity (Wildman–Crippen MR) is 79.7 cm³/mol. The van der Waals surface area contributed by atoms with Gasteiger partial charge in [-0.3, -0.25) is 0 Å². The standard InChI is InChI=1S/C16H26N2O/c1-3-19-15-7-5-14(6-8-15)16(13-17)9-4-11-18(2)12-10-16/h5-8H,3-4,9-13,17H2,1-2H3. The Hall–Kier alpha value is -1.06. The van der Waals surface area contributed by atoms with Gasteiger partial charge in [0.1, 0.15) is 5.75 Å². The molecule has 1 aliphatic rings. The van der Waals surface area contributed by atoms with Gasteiger partial charge in [0, 0.05) is 12.0 Å². The van der Waals surface area contributed by atoms with Crippen LogP contribution in [-0.2, 0) is 5.41 Å². The minimum Gasteiger partial charge on any atom is -0.494 e. The van der Waals surface area contributed by atoms with Crippen LogP contribution in [0.2, 0.25) is 0 Å². The highest BCUT2D eigenvalue weighted by molar-refractivity contribution is 5.33. The van der Waals surface area contributed by atoms with E-state index >= 15 is 0 Å². The molecule has 0 spiro atoms. The summed E-state index contributed by atoms with van der Waals surface area (Å²) in [6.45, 7) is 5.76. The van der Waals surface area contributed by atoms with E-state index in [0.29, 0.717) is 6.61 Å². The average Bonchev–Trinajstić information content (AvgIpc) is 2.63. The molecular formula is C16H26N2O. The molecule has 0 aliphatic carbocycles. The second-order valence-corrected chi connectivity index (χ2v) is 5.60. The van der Waals surface area contributed by atoms with Crippen LogP contribution in [0.15, 0.2) is 24.3 Å². The van der Waals surface area contributed by atoms with Crippen molar-refractivity contribution in [2.24, 2.45) is 5.73 Å². The first-order chi connectivity index (χ1) is 9.20. The van der Waals surface area contributed by atoms with Gasteiger partial charge >= 0.3 is 0 Å². The molecule has 1 fully saturated rings. The third kappa shape index (κ3) is 3.28. The summed E-state index contributed by atoms with van der Waals surface area (Å²) in [6, 6.07) is 8.54. The van der Waals surface area contributed by atoms with E-state index in [-0.39, 0.29) is 5.41 Å². The van der Waals surface area contributed by atoms with Gasteiger partial charge in [-0.15, -0.1) is 0 Å². The van der Waals surface area contributed by atoms with Gasteiger partial charge in [-0.25, -0.2) is 0 Å². The first kappa shape index (κ1) is 14.4. The maximum Gasteiger partial charge on any atom is 0.119 e. The van der Waals surface area contributed by atoms with E-state index in [2.05, 4.69) is 36.2 Å². The average molecular weight is 262 g/mol. The van der Waals surface area contributed by atoms with Crippen molar-refractivity contribution in [3.05, 3.63) is 29.8 Å². The molecule has 2 rings (SSSR count). The monoisotopic (exact) mass is 262 g/mol. The summed E-state index contributed by atoms with van der Waals surface area (Å²) in [5.41, 5.74) is 7.65. The van der Waals surface area contributed by atoms with Crippen molar-refractivity contribution in [3.63, 3.8) is 0 Å². The number of hydrogen-bond acceptors (Lipinski definition) is 3. The van der Waals surface area contributed by atoms with Gasteiger partial charge in [-0.2, -0.15) is 0 Å². The van der Waals surface area contributed by atoms with Crippen molar-refractivity contribution in [1.82, 2.24) is 4.90 Å². The van der Waals surface area contributed by atoms with Gasteiger partial charge in [0.25, 0.3) is 0 Å². The Morgan fingerprint density at radius 2 is 1.95 bits per heavy atom. The number of rotatable bonds is 4. The molecule has 0 saturated carbocycles. The topological polar surface area (TPSA) is 38.5 Å². The number of likely N-dealkylation sites (tertiary alicyclic amines) is 1. The number of benzene rings is 1. The van der Waals surface area contributed by atoms with E-state index in [4.69, 9.17) is 10.5 Å². The molecule has 1 aromatic rings. The van der Waals surface area contributed by atoms with Crippen LogP contribution in [0.1, 0.15) is 31.7 Å². The van der Waals surface area contributed by atoms with Crippen molar-refractivity contribution in [1.29, 1.82) is 0 Å². The second kappa shape index (κ2) is 6.40. The maximum absolute atomic E-state index is 6.13. The van der Waals surface area contributed by atoms with Crippen LogP contribution < -0.4 is 10.5 Å². The molecule has 1 unspecified atom stereocenters. The lowest BCUT2D eigenvalue weighted by molar-refractivity contribution is 0.327. The highest BCUT2D eigenvalue weighted by Gasteiger charge is 2.32. The summed E-state index contributed by atoms with van der Waals surface area (Å²) in [6.07, 6.45) is 3.55. The molecule has 0 amide bonds. The predicted octanol–water partition coefficient (Wildman–Crippen LogP) is 2.40. The Labute approximate surface area is 116 Å². The van der Waals surface area contributed by atoms with E-state index in [1.54, 1.807) is 0 Å². The van der Waals surface area contributed by atoms with Gasteiger partial charge in [0.05, 0.1) is 6.61 Å². The SMILES string of the molecule is CCOc1ccc(C2(CN)CCCN(C)CC2)cc1. The van der Waals surface area contributed by atoms with Crippen LogP contribution in [-0.4, -0.2) is 38.2 Å². The number of nitrogens with zero attached hydrogens (tertiary/aromatic N) is 1. The molecule has 3 heteroatoms. The Kier molecular flexibility index (Phi) is 4.83. The van der Waals surface area contributed by atoms with Crippen LogP contribution in [0.25, 0.3) is 0 Å². The van der Waals surface area contributed by atoms with Gasteiger partial charge in [0.15, 0.2) is 0 Å². The Morgan fingerprint density at radius 3 is 2.58 bits per heavy atom. The molecule has 3 nitrogen and oxygen atoms in total. The molecule has 2 N–H and O–H groups in total. The van der Waals surface area contributed by atoms with Crippen LogP contribution in [0.5, 0.6) is 5.75 Å². The fourth-order valence-electron chi connectivity index (χ4n) is 3.01. The summed E-state index contributed by atoms with van der Waals surface area (Å²) in [4.78, 5) is 2.41. The molecule has 1 aliphatic heterocycles. The third-order valence-electron chi connectivity index (χ3n) is 4.34. The van der Waals surface area contributed by atoms with E-state index in [1.807, 2.05) is 6.92 Å². The summed E-state index contributed by atoms with van der Waals surface area (Å²) in [5, 5.41) is 0. The fraction of sp³-hybridized carbons (Fsp3) is 0.625. The fourth-order valence-corrected chi connectivity index (χ4v) is 3.01. The largest absolute Gasteiger partial charge is 0.494 e. The highest BCUT2D eigenvalue weighted by Crippen LogP contribution is 2.35. The summed E-state index contributed by atoms with van der Waals surface area (Å²) in [7, 11) is 2.20. The molecular weight excluding hydrogens is 236 g/mol. The lowest BCUT2D eigenvalue weighted by Crippen LogP contribution is -2.36. The zero-order valence-electron chi connectivity index (χ0n) is 12.2. The van der Waals surface area contributed by atoms with E-state index in [0.717, 1.165) is 25.3 Å². The van der Waals surface area contributed by atoms with Gasteiger partial charge < -0.3 is 15.4 Å². The van der Waals surface area contributed by atoms with Gasteiger partial charge in [-0.1, -0.05) is 12.1 Å². The smallest absolute Gasteiger partial charge is 0.119 e. The highest BCUT2D eigenvalue weighted by atomic mass is 16.5. The van der Waals surface area contributed by atoms with E-state index < -0.39 is 0 Å². The van der Waals surface area contributed by atoms with Gasteiger partial charge in [-0.05, 0) is 64.0 Å². The zero-order chi connectivity index (χ0) is 13.7. The third-order valence-corrected chi connectivity index (χ3v) is 4.34. The summed E-state index contributed by atoms with van der Waals surface area (Å²) in [5.74, 6) is 0.948. The number of ether oxygens (including phenoxy) is 1. The van der Waals surface area contributed by atoms with Crippen molar-refractivity contribution in [3.8, 4) is 5.75 Å². The molecule has 19 heavy (non-hydrogen) atoms. The minimum absolute atomic E-state index is 0.148. The second-order valence-electron chi connectivity index (χ2n) is 5.60. The molecule has 0 bridgehead atoms. The first-order valence-electron chi connectivity index (χ1n) is 7.32. The first-order valence-corrected chi connectivity index (χ1v) is 7.32. The molecule has 1 heterocycles. The molecule has 1 aromatic carbocycles. The van der Waals surface area contributed by atoms with E-state index in [9.17, 15) is 0 Å². The lowest BCUT2D eigenvalue weighted by atomic mass is 9.74. The zero-order valence-corrected chi connectivity index (χ0v) is 12.2. The minimum atomic E-state index is 0.148. The van der Waals surface area contributed by atoms with Crippen molar-refractivity contribution >= 4 is 0 Å². The number of hydrogen-bond donors (Lipinski definition) is 1. The molecule has 0 radical (unpaired) electrons. The molecule has 0 aromatic heterocycles. The van der Waals surface area contributed by atoms with Crippen LogP contribution in [0.3, 0.4) is 0 Å². The summed E-state index contributed by atoms with van der Waals surface area (Å²) >= 11 is 0. The van der Waals surface area contributed by atoms with E-state index in [1.165, 1.54) is 24.9 Å². The van der Waals surface area contributed by atoms with Crippen LogP contribution >= 0.6 is 0 Å². The van der Waals surface area contributed by atoms with Crippen molar-refractivity contribution in [2.45, 2.75) is 31.6 Å². The van der Waals surface area contributed by atoms with Crippen molar-refractivity contribution in [2.75, 3.05) is 33.3 Å². The Morgan fingerprint density at radius 1 is 1.21 bits per heavy atom. The quantitative estimate of drug-likeness (QED) is 0.905. The van der Waals surface area contributed by atoms with Crippen LogP contribution in [0.4, 0.5) is 0 Å². The maximum atomic E-state index is 6.13. The number of nitrogens with two attached hydrogens (primary N) is 1. The molecule has 106 valence electrons. The summed E-state index contributed by atoms with van der Waals surface area (Å²) < 4.78 is 5.52. The molecule has 1 atom stereocenters.